The van der Waals surface area contributed by atoms with Crippen molar-refractivity contribution in [2.24, 2.45) is 0 Å². The number of aryl methyl sites for hydroxylation is 1. The van der Waals surface area contributed by atoms with E-state index in [9.17, 15) is 18.0 Å². The monoisotopic (exact) mass is 398 g/mol. The lowest BCUT2D eigenvalue weighted by Gasteiger charge is -2.12. The molecular formula is C23H21F3N2O. The zero-order valence-electron chi connectivity index (χ0n) is 15.9. The van der Waals surface area contributed by atoms with Gasteiger partial charge in [-0.2, -0.15) is 13.2 Å². The number of alkyl halides is 3. The summed E-state index contributed by atoms with van der Waals surface area (Å²) in [5, 5.41) is 5.89. The Kier molecular flexibility index (Phi) is 6.22. The average molecular weight is 398 g/mol. The predicted octanol–water partition coefficient (Wildman–Crippen LogP) is 6.13. The Hall–Kier alpha value is -3.28. The van der Waals surface area contributed by atoms with Crippen molar-refractivity contribution < 1.29 is 18.0 Å². The Bertz CT molecular complexity index is 999. The summed E-state index contributed by atoms with van der Waals surface area (Å²) in [4.78, 5) is 12.5. The molecule has 0 saturated heterocycles. The van der Waals surface area contributed by atoms with E-state index in [0.717, 1.165) is 29.8 Å². The van der Waals surface area contributed by atoms with Gasteiger partial charge in [-0.3, -0.25) is 4.79 Å². The number of rotatable bonds is 6. The number of para-hydroxylation sites is 1. The zero-order valence-corrected chi connectivity index (χ0v) is 15.9. The number of hydrogen-bond acceptors (Lipinski definition) is 2. The molecule has 2 N–H and O–H groups in total. The van der Waals surface area contributed by atoms with Gasteiger partial charge in [0.1, 0.15) is 0 Å². The summed E-state index contributed by atoms with van der Waals surface area (Å²) in [7, 11) is 0. The van der Waals surface area contributed by atoms with E-state index in [1.807, 2.05) is 24.3 Å². The molecule has 0 fully saturated rings. The molecule has 0 spiro atoms. The Balaban J connectivity index is 1.70. The molecule has 0 unspecified atom stereocenters. The van der Waals surface area contributed by atoms with Gasteiger partial charge in [-0.1, -0.05) is 43.3 Å². The molecule has 3 aromatic rings. The summed E-state index contributed by atoms with van der Waals surface area (Å²) in [5.41, 5.74) is 2.81. The minimum atomic E-state index is -4.46. The molecule has 0 aliphatic heterocycles. The van der Waals surface area contributed by atoms with Crippen LogP contribution in [0.5, 0.6) is 0 Å². The van der Waals surface area contributed by atoms with Crippen molar-refractivity contribution in [2.45, 2.75) is 26.1 Å². The third kappa shape index (κ3) is 5.38. The molecule has 1 amide bonds. The van der Waals surface area contributed by atoms with Gasteiger partial charge in [0.05, 0.1) is 5.56 Å². The van der Waals surface area contributed by atoms with Crippen molar-refractivity contribution in [3.63, 3.8) is 0 Å². The molecule has 3 rings (SSSR count). The van der Waals surface area contributed by atoms with Gasteiger partial charge < -0.3 is 10.6 Å². The van der Waals surface area contributed by atoms with Crippen LogP contribution in [0.3, 0.4) is 0 Å². The quantitative estimate of drug-likeness (QED) is 0.524. The lowest BCUT2D eigenvalue weighted by Crippen LogP contribution is -2.13. The molecule has 6 heteroatoms. The van der Waals surface area contributed by atoms with E-state index in [4.69, 9.17) is 0 Å². The summed E-state index contributed by atoms with van der Waals surface area (Å²) in [6.45, 7) is 2.61. The van der Waals surface area contributed by atoms with Crippen LogP contribution in [-0.2, 0) is 19.1 Å². The number of hydrogen-bond donors (Lipinski definition) is 2. The summed E-state index contributed by atoms with van der Waals surface area (Å²) in [5.74, 6) is -0.458. The predicted molar refractivity (Wildman–Crippen MR) is 109 cm³/mol. The second-order valence-electron chi connectivity index (χ2n) is 6.60. The normalized spacial score (nSPS) is 11.2. The van der Waals surface area contributed by atoms with Gasteiger partial charge in [-0.25, -0.2) is 0 Å². The number of nitrogens with one attached hydrogen (secondary N) is 2. The maximum Gasteiger partial charge on any atom is 0.416 e. The fraction of sp³-hybridized carbons (Fsp3) is 0.174. The van der Waals surface area contributed by atoms with E-state index >= 15 is 0 Å². The number of benzene rings is 3. The van der Waals surface area contributed by atoms with Crippen LogP contribution in [0.1, 0.15) is 34.0 Å². The molecule has 0 aliphatic rings. The Morgan fingerprint density at radius 2 is 1.69 bits per heavy atom. The van der Waals surface area contributed by atoms with Crippen molar-refractivity contribution in [2.75, 3.05) is 10.6 Å². The van der Waals surface area contributed by atoms with Gasteiger partial charge in [0.2, 0.25) is 0 Å². The van der Waals surface area contributed by atoms with Gasteiger partial charge in [-0.05, 0) is 53.9 Å². The molecular weight excluding hydrogens is 377 g/mol. The van der Waals surface area contributed by atoms with Gasteiger partial charge in [0, 0.05) is 23.5 Å². The van der Waals surface area contributed by atoms with Crippen LogP contribution in [0, 0.1) is 0 Å². The van der Waals surface area contributed by atoms with Gasteiger partial charge in [0.25, 0.3) is 5.91 Å². The van der Waals surface area contributed by atoms with E-state index in [0.29, 0.717) is 12.1 Å². The molecule has 0 heterocycles. The van der Waals surface area contributed by atoms with Crippen LogP contribution in [-0.4, -0.2) is 5.91 Å². The second kappa shape index (κ2) is 8.82. The number of amides is 1. The Morgan fingerprint density at radius 1 is 0.931 bits per heavy atom. The molecule has 0 saturated carbocycles. The maximum atomic E-state index is 12.8. The van der Waals surface area contributed by atoms with Crippen molar-refractivity contribution in [3.05, 3.63) is 95.1 Å². The van der Waals surface area contributed by atoms with E-state index in [2.05, 4.69) is 23.6 Å². The highest BCUT2D eigenvalue weighted by Gasteiger charge is 2.30. The van der Waals surface area contributed by atoms with Crippen molar-refractivity contribution in [1.82, 2.24) is 0 Å². The van der Waals surface area contributed by atoms with E-state index in [1.54, 1.807) is 18.2 Å². The third-order valence-corrected chi connectivity index (χ3v) is 4.52. The first-order valence-electron chi connectivity index (χ1n) is 9.26. The molecule has 0 atom stereocenters. The minimum Gasteiger partial charge on any atom is -0.381 e. The van der Waals surface area contributed by atoms with Gasteiger partial charge in [-0.15, -0.1) is 0 Å². The highest BCUT2D eigenvalue weighted by atomic mass is 19.4. The molecule has 0 bridgehead atoms. The highest BCUT2D eigenvalue weighted by molar-refractivity contribution is 6.04. The summed E-state index contributed by atoms with van der Waals surface area (Å²) >= 11 is 0. The molecule has 0 aromatic heterocycles. The van der Waals surface area contributed by atoms with Gasteiger partial charge in [0.15, 0.2) is 0 Å². The third-order valence-electron chi connectivity index (χ3n) is 4.52. The molecule has 150 valence electrons. The van der Waals surface area contributed by atoms with Crippen molar-refractivity contribution in [1.29, 1.82) is 0 Å². The van der Waals surface area contributed by atoms with Crippen LogP contribution >= 0.6 is 0 Å². The number of halogens is 3. The molecule has 0 aliphatic carbocycles. The SMILES string of the molecule is CCc1ccccc1NCc1cccc(C(=O)Nc2cccc(C(F)(F)F)c2)c1. The van der Waals surface area contributed by atoms with Crippen LogP contribution < -0.4 is 10.6 Å². The Labute approximate surface area is 167 Å². The highest BCUT2D eigenvalue weighted by Crippen LogP contribution is 2.30. The minimum absolute atomic E-state index is 0.102. The fourth-order valence-electron chi connectivity index (χ4n) is 3.00. The molecule has 0 radical (unpaired) electrons. The maximum absolute atomic E-state index is 12.8. The van der Waals surface area contributed by atoms with Crippen LogP contribution in [0.4, 0.5) is 24.5 Å². The first-order chi connectivity index (χ1) is 13.9. The number of carbonyl (C=O) groups is 1. The first kappa shape index (κ1) is 20.5. The van der Waals surface area contributed by atoms with Crippen LogP contribution in [0.25, 0.3) is 0 Å². The van der Waals surface area contributed by atoms with Crippen molar-refractivity contribution >= 4 is 17.3 Å². The van der Waals surface area contributed by atoms with Crippen LogP contribution in [0.15, 0.2) is 72.8 Å². The summed E-state index contributed by atoms with van der Waals surface area (Å²) < 4.78 is 38.5. The lowest BCUT2D eigenvalue weighted by atomic mass is 10.1. The van der Waals surface area contributed by atoms with Crippen molar-refractivity contribution in [3.8, 4) is 0 Å². The first-order valence-corrected chi connectivity index (χ1v) is 9.26. The van der Waals surface area contributed by atoms with Crippen LogP contribution in [0.2, 0.25) is 0 Å². The number of anilines is 2. The smallest absolute Gasteiger partial charge is 0.381 e. The summed E-state index contributed by atoms with van der Waals surface area (Å²) in [6.07, 6.45) is -3.55. The topological polar surface area (TPSA) is 41.1 Å². The second-order valence-corrected chi connectivity index (χ2v) is 6.60. The lowest BCUT2D eigenvalue weighted by molar-refractivity contribution is -0.137. The fourth-order valence-corrected chi connectivity index (χ4v) is 3.00. The van der Waals surface area contributed by atoms with Gasteiger partial charge >= 0.3 is 6.18 Å². The molecule has 3 aromatic carbocycles. The van der Waals surface area contributed by atoms with E-state index < -0.39 is 17.6 Å². The summed E-state index contributed by atoms with van der Waals surface area (Å²) in [6, 6.07) is 19.6. The van der Waals surface area contributed by atoms with E-state index in [-0.39, 0.29) is 5.69 Å². The molecule has 3 nitrogen and oxygen atoms in total. The zero-order chi connectivity index (χ0) is 20.9. The largest absolute Gasteiger partial charge is 0.416 e. The molecule has 29 heavy (non-hydrogen) atoms. The number of carbonyl (C=O) groups excluding carboxylic acids is 1. The standard InChI is InChI=1S/C23H21F3N2O/c1-2-17-8-3-4-12-21(17)27-15-16-7-5-9-18(13-16)22(29)28-20-11-6-10-19(14-20)23(24,25)26/h3-14,27H,2,15H2,1H3,(H,28,29). The average Bonchev–Trinajstić information content (AvgIpc) is 2.72. The van der Waals surface area contributed by atoms with E-state index in [1.165, 1.54) is 17.7 Å². The Morgan fingerprint density at radius 3 is 2.45 bits per heavy atom.